The lowest BCUT2D eigenvalue weighted by Gasteiger charge is -2.32. The molecular formula is C12H21N3O3. The summed E-state index contributed by atoms with van der Waals surface area (Å²) in [4.78, 5) is 25.3. The molecule has 2 aliphatic rings. The number of carbonyl (C=O) groups is 2. The van der Waals surface area contributed by atoms with E-state index in [1.54, 1.807) is 0 Å². The van der Waals surface area contributed by atoms with Gasteiger partial charge in [0.25, 0.3) is 0 Å². The summed E-state index contributed by atoms with van der Waals surface area (Å²) in [5.74, 6) is -1.99. The van der Waals surface area contributed by atoms with Gasteiger partial charge in [0.05, 0.1) is 11.8 Å². The summed E-state index contributed by atoms with van der Waals surface area (Å²) in [5.41, 5.74) is 2.42. The van der Waals surface area contributed by atoms with Crippen LogP contribution in [0.15, 0.2) is 0 Å². The van der Waals surface area contributed by atoms with Crippen LogP contribution in [0.1, 0.15) is 13.8 Å². The molecule has 1 heterocycles. The van der Waals surface area contributed by atoms with Crippen LogP contribution in [0.3, 0.4) is 0 Å². The molecule has 2 N–H and O–H groups in total. The van der Waals surface area contributed by atoms with Crippen LogP contribution in [0.5, 0.6) is 0 Å². The number of nitrogens with zero attached hydrogens (tertiary/aromatic N) is 2. The van der Waals surface area contributed by atoms with Gasteiger partial charge in [-0.25, -0.2) is 5.01 Å². The van der Waals surface area contributed by atoms with Crippen molar-refractivity contribution in [3.05, 3.63) is 0 Å². The van der Waals surface area contributed by atoms with Crippen LogP contribution in [0, 0.1) is 17.3 Å². The van der Waals surface area contributed by atoms with Gasteiger partial charge in [0.2, 0.25) is 5.91 Å². The fourth-order valence-corrected chi connectivity index (χ4v) is 2.73. The number of piperazine rings is 1. The number of nitrogens with one attached hydrogen (secondary N) is 1. The third-order valence-corrected chi connectivity index (χ3v) is 4.15. The smallest absolute Gasteiger partial charge is 0.307 e. The number of amides is 1. The zero-order chi connectivity index (χ0) is 13.5. The van der Waals surface area contributed by atoms with Crippen molar-refractivity contribution in [2.24, 2.45) is 17.3 Å². The molecule has 1 aliphatic heterocycles. The lowest BCUT2D eigenvalue weighted by molar-refractivity contribution is -0.141. The van der Waals surface area contributed by atoms with Crippen LogP contribution in [-0.2, 0) is 9.59 Å². The summed E-state index contributed by atoms with van der Waals surface area (Å²) in [7, 11) is 2.05. The molecule has 6 nitrogen and oxygen atoms in total. The van der Waals surface area contributed by atoms with Gasteiger partial charge >= 0.3 is 5.97 Å². The van der Waals surface area contributed by atoms with E-state index in [9.17, 15) is 9.59 Å². The predicted octanol–water partition coefficient (Wildman–Crippen LogP) is -0.378. The van der Waals surface area contributed by atoms with Crippen molar-refractivity contribution in [3.8, 4) is 0 Å². The summed E-state index contributed by atoms with van der Waals surface area (Å²) in [6.45, 7) is 7.06. The molecule has 1 aliphatic carbocycles. The quantitative estimate of drug-likeness (QED) is 0.719. The molecule has 2 atom stereocenters. The van der Waals surface area contributed by atoms with Gasteiger partial charge in [0, 0.05) is 26.2 Å². The van der Waals surface area contributed by atoms with Crippen molar-refractivity contribution in [3.63, 3.8) is 0 Å². The lowest BCUT2D eigenvalue weighted by Crippen LogP contribution is -2.53. The third-order valence-electron chi connectivity index (χ3n) is 4.15. The van der Waals surface area contributed by atoms with E-state index in [0.717, 1.165) is 26.2 Å². The number of hydrazine groups is 1. The standard InChI is InChI=1S/C12H21N3O3/c1-12(2)8(9(12)11(17)18)10(16)13-15-6-4-14(3)5-7-15/h8-9H,4-7H2,1-3H3,(H,13,16)(H,17,18). The number of hydrogen-bond donors (Lipinski definition) is 2. The maximum Gasteiger partial charge on any atom is 0.307 e. The van der Waals surface area contributed by atoms with Gasteiger partial charge in [0.15, 0.2) is 0 Å². The zero-order valence-electron chi connectivity index (χ0n) is 11.1. The van der Waals surface area contributed by atoms with Crippen LogP contribution >= 0.6 is 0 Å². The topological polar surface area (TPSA) is 72.9 Å². The molecule has 0 aromatic heterocycles. The van der Waals surface area contributed by atoms with Crippen molar-refractivity contribution in [2.45, 2.75) is 13.8 Å². The van der Waals surface area contributed by atoms with Crippen LogP contribution in [0.25, 0.3) is 0 Å². The molecule has 2 fully saturated rings. The predicted molar refractivity (Wildman–Crippen MR) is 65.6 cm³/mol. The second kappa shape index (κ2) is 4.51. The monoisotopic (exact) mass is 255 g/mol. The largest absolute Gasteiger partial charge is 0.481 e. The van der Waals surface area contributed by atoms with E-state index >= 15 is 0 Å². The molecule has 6 heteroatoms. The van der Waals surface area contributed by atoms with E-state index < -0.39 is 23.2 Å². The average molecular weight is 255 g/mol. The average Bonchev–Trinajstić information content (AvgIpc) is 2.85. The van der Waals surface area contributed by atoms with Crippen molar-refractivity contribution in [2.75, 3.05) is 33.2 Å². The van der Waals surface area contributed by atoms with Crippen molar-refractivity contribution < 1.29 is 14.7 Å². The molecule has 2 rings (SSSR count). The number of likely N-dealkylation sites (N-methyl/N-ethyl adjacent to an activating group) is 1. The molecule has 0 spiro atoms. The number of hydrogen-bond acceptors (Lipinski definition) is 4. The molecule has 0 bridgehead atoms. The fourth-order valence-electron chi connectivity index (χ4n) is 2.73. The molecule has 1 amide bonds. The highest BCUT2D eigenvalue weighted by molar-refractivity contribution is 5.91. The van der Waals surface area contributed by atoms with Crippen molar-refractivity contribution in [1.29, 1.82) is 0 Å². The number of carboxylic acid groups (broad SMARTS) is 1. The highest BCUT2D eigenvalue weighted by Crippen LogP contribution is 2.58. The van der Waals surface area contributed by atoms with Crippen LogP contribution in [-0.4, -0.2) is 60.1 Å². The first kappa shape index (κ1) is 13.3. The Labute approximate surface area is 107 Å². The minimum Gasteiger partial charge on any atom is -0.481 e. The van der Waals surface area contributed by atoms with Crippen LogP contribution < -0.4 is 5.43 Å². The van der Waals surface area contributed by atoms with Gasteiger partial charge in [-0.2, -0.15) is 0 Å². The summed E-state index contributed by atoms with van der Waals surface area (Å²) in [6, 6.07) is 0. The minimum absolute atomic E-state index is 0.156. The van der Waals surface area contributed by atoms with Gasteiger partial charge in [0.1, 0.15) is 0 Å². The lowest BCUT2D eigenvalue weighted by atomic mass is 10.1. The van der Waals surface area contributed by atoms with Crippen molar-refractivity contribution >= 4 is 11.9 Å². The second-order valence-electron chi connectivity index (χ2n) is 5.88. The highest BCUT2D eigenvalue weighted by atomic mass is 16.4. The third kappa shape index (κ3) is 2.35. The van der Waals surface area contributed by atoms with Gasteiger partial charge in [-0.1, -0.05) is 13.8 Å². The Bertz CT molecular complexity index is 362. The number of aliphatic carboxylic acids is 1. The molecule has 0 aromatic carbocycles. The Morgan fingerprint density at radius 1 is 1.17 bits per heavy atom. The number of carboxylic acids is 1. The Morgan fingerprint density at radius 2 is 1.72 bits per heavy atom. The fraction of sp³-hybridized carbons (Fsp3) is 0.833. The normalized spacial score (nSPS) is 31.9. The van der Waals surface area contributed by atoms with E-state index in [1.807, 2.05) is 25.9 Å². The first-order valence-electron chi connectivity index (χ1n) is 6.31. The summed E-state index contributed by atoms with van der Waals surface area (Å²) < 4.78 is 0. The van der Waals surface area contributed by atoms with Gasteiger partial charge in [-0.15, -0.1) is 0 Å². The Morgan fingerprint density at radius 3 is 2.17 bits per heavy atom. The number of carbonyl (C=O) groups excluding carboxylic acids is 1. The van der Waals surface area contributed by atoms with Gasteiger partial charge in [-0.05, 0) is 12.5 Å². The molecule has 0 aromatic rings. The first-order chi connectivity index (χ1) is 8.34. The SMILES string of the molecule is CN1CCN(NC(=O)C2C(C(=O)O)C2(C)C)CC1. The molecular weight excluding hydrogens is 234 g/mol. The van der Waals surface area contributed by atoms with Gasteiger partial charge in [-0.3, -0.25) is 15.0 Å². The summed E-state index contributed by atoms with van der Waals surface area (Å²) in [6.07, 6.45) is 0. The zero-order valence-corrected chi connectivity index (χ0v) is 11.1. The van der Waals surface area contributed by atoms with E-state index in [1.165, 1.54) is 0 Å². The molecule has 0 radical (unpaired) electrons. The number of rotatable bonds is 3. The van der Waals surface area contributed by atoms with E-state index in [0.29, 0.717) is 0 Å². The molecule has 1 saturated carbocycles. The highest BCUT2D eigenvalue weighted by Gasteiger charge is 2.66. The van der Waals surface area contributed by atoms with Crippen molar-refractivity contribution in [1.82, 2.24) is 15.3 Å². The Hall–Kier alpha value is -1.14. The maximum atomic E-state index is 12.1. The summed E-state index contributed by atoms with van der Waals surface area (Å²) >= 11 is 0. The minimum atomic E-state index is -0.876. The molecule has 102 valence electrons. The first-order valence-corrected chi connectivity index (χ1v) is 6.31. The Kier molecular flexibility index (Phi) is 3.33. The second-order valence-corrected chi connectivity index (χ2v) is 5.88. The van der Waals surface area contributed by atoms with E-state index in [4.69, 9.17) is 5.11 Å². The molecule has 1 saturated heterocycles. The molecule has 2 unspecified atom stereocenters. The van der Waals surface area contributed by atoms with Crippen LogP contribution in [0.2, 0.25) is 0 Å². The van der Waals surface area contributed by atoms with Crippen LogP contribution in [0.4, 0.5) is 0 Å². The van der Waals surface area contributed by atoms with E-state index in [-0.39, 0.29) is 5.91 Å². The summed E-state index contributed by atoms with van der Waals surface area (Å²) in [5, 5.41) is 10.9. The maximum absolute atomic E-state index is 12.1. The Balaban J connectivity index is 1.88. The van der Waals surface area contributed by atoms with E-state index in [2.05, 4.69) is 10.3 Å². The van der Waals surface area contributed by atoms with Gasteiger partial charge < -0.3 is 10.0 Å². The molecule has 18 heavy (non-hydrogen) atoms.